The summed E-state index contributed by atoms with van der Waals surface area (Å²) in [6.45, 7) is 6.57. The summed E-state index contributed by atoms with van der Waals surface area (Å²) < 4.78 is 0. The standard InChI is InChI=1S/C19H24N4O/c1-15-4-3-5-16(10-15)12-21-19(24)17-11-18(14-20-13-17)23-8-6-22(2)7-9-23/h3-5,10-11,13-14H,6-9,12H2,1-2H3,(H,21,24). The van der Waals surface area contributed by atoms with E-state index in [4.69, 9.17) is 0 Å². The van der Waals surface area contributed by atoms with Gasteiger partial charge in [-0.25, -0.2) is 0 Å². The molecule has 2 aromatic rings. The number of benzene rings is 1. The van der Waals surface area contributed by atoms with E-state index in [1.54, 1.807) is 6.20 Å². The number of carbonyl (C=O) groups is 1. The molecular formula is C19H24N4O. The third-order valence-electron chi connectivity index (χ3n) is 4.39. The number of nitrogens with one attached hydrogen (secondary N) is 1. The van der Waals surface area contributed by atoms with E-state index in [2.05, 4.69) is 46.2 Å². The van der Waals surface area contributed by atoms with Gasteiger partial charge in [0.1, 0.15) is 0 Å². The molecule has 5 nitrogen and oxygen atoms in total. The normalized spacial score (nSPS) is 15.3. The van der Waals surface area contributed by atoms with Gasteiger partial charge in [-0.15, -0.1) is 0 Å². The lowest BCUT2D eigenvalue weighted by atomic mass is 10.1. The summed E-state index contributed by atoms with van der Waals surface area (Å²) >= 11 is 0. The molecule has 1 fully saturated rings. The van der Waals surface area contributed by atoms with E-state index in [0.717, 1.165) is 37.4 Å². The quantitative estimate of drug-likeness (QED) is 0.935. The van der Waals surface area contributed by atoms with Crippen molar-refractivity contribution < 1.29 is 4.79 Å². The summed E-state index contributed by atoms with van der Waals surface area (Å²) in [6.07, 6.45) is 3.47. The Bertz CT molecular complexity index is 708. The Hall–Kier alpha value is -2.40. The topological polar surface area (TPSA) is 48.5 Å². The number of hydrogen-bond donors (Lipinski definition) is 1. The lowest BCUT2D eigenvalue weighted by Gasteiger charge is -2.33. The van der Waals surface area contributed by atoms with Crippen molar-refractivity contribution in [3.05, 3.63) is 59.4 Å². The minimum Gasteiger partial charge on any atom is -0.368 e. The summed E-state index contributed by atoms with van der Waals surface area (Å²) in [5.74, 6) is -0.0833. The number of aromatic nitrogens is 1. The molecule has 1 aliphatic rings. The number of rotatable bonds is 4. The first-order valence-corrected chi connectivity index (χ1v) is 8.34. The Morgan fingerprint density at radius 3 is 2.71 bits per heavy atom. The summed E-state index contributed by atoms with van der Waals surface area (Å²) in [4.78, 5) is 21.3. The molecule has 0 aliphatic carbocycles. The van der Waals surface area contributed by atoms with Crippen molar-refractivity contribution in [2.75, 3.05) is 38.1 Å². The van der Waals surface area contributed by atoms with Gasteiger partial charge in [0.25, 0.3) is 5.91 Å². The van der Waals surface area contributed by atoms with Crippen LogP contribution in [0.2, 0.25) is 0 Å². The van der Waals surface area contributed by atoms with Crippen LogP contribution in [0.4, 0.5) is 5.69 Å². The third kappa shape index (κ3) is 4.11. The molecule has 3 rings (SSSR count). The predicted octanol–water partition coefficient (Wildman–Crippen LogP) is 2.07. The Balaban J connectivity index is 1.63. The fourth-order valence-corrected chi connectivity index (χ4v) is 2.90. The average Bonchev–Trinajstić information content (AvgIpc) is 2.60. The number of amides is 1. The van der Waals surface area contributed by atoms with E-state index in [0.29, 0.717) is 12.1 Å². The van der Waals surface area contributed by atoms with Crippen molar-refractivity contribution in [1.82, 2.24) is 15.2 Å². The summed E-state index contributed by atoms with van der Waals surface area (Å²) in [5.41, 5.74) is 3.93. The maximum atomic E-state index is 12.4. The summed E-state index contributed by atoms with van der Waals surface area (Å²) in [5, 5.41) is 2.97. The molecule has 1 aromatic heterocycles. The van der Waals surface area contributed by atoms with E-state index in [9.17, 15) is 4.79 Å². The first kappa shape index (κ1) is 16.5. The van der Waals surface area contributed by atoms with Gasteiger partial charge in [0, 0.05) is 38.9 Å². The Morgan fingerprint density at radius 1 is 1.17 bits per heavy atom. The molecule has 1 saturated heterocycles. The van der Waals surface area contributed by atoms with Crippen LogP contribution in [0.5, 0.6) is 0 Å². The molecule has 0 unspecified atom stereocenters. The fraction of sp³-hybridized carbons (Fsp3) is 0.368. The van der Waals surface area contributed by atoms with Gasteiger partial charge in [-0.2, -0.15) is 0 Å². The minimum atomic E-state index is -0.0833. The summed E-state index contributed by atoms with van der Waals surface area (Å²) in [6, 6.07) is 10.1. The Morgan fingerprint density at radius 2 is 1.96 bits per heavy atom. The molecular weight excluding hydrogens is 300 g/mol. The van der Waals surface area contributed by atoms with Crippen LogP contribution in [-0.2, 0) is 6.54 Å². The van der Waals surface area contributed by atoms with E-state index in [1.165, 1.54) is 5.56 Å². The highest BCUT2D eigenvalue weighted by Crippen LogP contribution is 2.16. The third-order valence-corrected chi connectivity index (χ3v) is 4.39. The van der Waals surface area contributed by atoms with Crippen LogP contribution in [-0.4, -0.2) is 49.0 Å². The molecule has 0 spiro atoms. The fourth-order valence-electron chi connectivity index (χ4n) is 2.90. The molecule has 0 radical (unpaired) electrons. The van der Waals surface area contributed by atoms with Crippen LogP contribution in [0.1, 0.15) is 21.5 Å². The second kappa shape index (κ2) is 7.45. The van der Waals surface area contributed by atoms with Crippen molar-refractivity contribution in [3.8, 4) is 0 Å². The van der Waals surface area contributed by atoms with Gasteiger partial charge in [-0.1, -0.05) is 29.8 Å². The molecule has 126 valence electrons. The maximum absolute atomic E-state index is 12.4. The van der Waals surface area contributed by atoms with Gasteiger partial charge in [-0.05, 0) is 25.6 Å². The smallest absolute Gasteiger partial charge is 0.253 e. The molecule has 5 heteroatoms. The van der Waals surface area contributed by atoms with E-state index in [1.807, 2.05) is 24.4 Å². The van der Waals surface area contributed by atoms with Crippen molar-refractivity contribution in [2.45, 2.75) is 13.5 Å². The van der Waals surface area contributed by atoms with E-state index in [-0.39, 0.29) is 5.91 Å². The van der Waals surface area contributed by atoms with Crippen LogP contribution >= 0.6 is 0 Å². The van der Waals surface area contributed by atoms with E-state index >= 15 is 0 Å². The van der Waals surface area contributed by atoms with Crippen molar-refractivity contribution in [2.24, 2.45) is 0 Å². The van der Waals surface area contributed by atoms with Gasteiger partial charge in [0.05, 0.1) is 17.4 Å². The second-order valence-corrected chi connectivity index (χ2v) is 6.39. The first-order chi connectivity index (χ1) is 11.6. The van der Waals surface area contributed by atoms with Gasteiger partial charge in [0.15, 0.2) is 0 Å². The van der Waals surface area contributed by atoms with Crippen LogP contribution in [0.15, 0.2) is 42.7 Å². The van der Waals surface area contributed by atoms with E-state index < -0.39 is 0 Å². The molecule has 0 atom stereocenters. The molecule has 1 amide bonds. The van der Waals surface area contributed by atoms with Crippen molar-refractivity contribution >= 4 is 11.6 Å². The van der Waals surface area contributed by atoms with Gasteiger partial charge < -0.3 is 15.1 Å². The zero-order valence-corrected chi connectivity index (χ0v) is 14.3. The maximum Gasteiger partial charge on any atom is 0.253 e. The first-order valence-electron chi connectivity index (χ1n) is 8.34. The molecule has 1 N–H and O–H groups in total. The minimum absolute atomic E-state index is 0.0833. The van der Waals surface area contributed by atoms with Gasteiger partial charge in [-0.3, -0.25) is 9.78 Å². The largest absolute Gasteiger partial charge is 0.368 e. The van der Waals surface area contributed by atoms with Crippen molar-refractivity contribution in [1.29, 1.82) is 0 Å². The zero-order valence-electron chi connectivity index (χ0n) is 14.3. The molecule has 0 bridgehead atoms. The van der Waals surface area contributed by atoms with Gasteiger partial charge in [0.2, 0.25) is 0 Å². The Labute approximate surface area is 143 Å². The molecule has 2 heterocycles. The van der Waals surface area contributed by atoms with Crippen molar-refractivity contribution in [3.63, 3.8) is 0 Å². The lowest BCUT2D eigenvalue weighted by molar-refractivity contribution is 0.0950. The highest BCUT2D eigenvalue weighted by molar-refractivity contribution is 5.94. The predicted molar refractivity (Wildman–Crippen MR) is 96.3 cm³/mol. The number of aryl methyl sites for hydroxylation is 1. The number of anilines is 1. The van der Waals surface area contributed by atoms with Crippen LogP contribution < -0.4 is 10.2 Å². The monoisotopic (exact) mass is 324 g/mol. The van der Waals surface area contributed by atoms with Crippen LogP contribution in [0.25, 0.3) is 0 Å². The zero-order chi connectivity index (χ0) is 16.9. The number of likely N-dealkylation sites (N-methyl/N-ethyl adjacent to an activating group) is 1. The molecule has 1 aromatic carbocycles. The number of piperazine rings is 1. The lowest BCUT2D eigenvalue weighted by Crippen LogP contribution is -2.44. The molecule has 24 heavy (non-hydrogen) atoms. The number of carbonyl (C=O) groups excluding carboxylic acids is 1. The Kier molecular flexibility index (Phi) is 5.11. The highest BCUT2D eigenvalue weighted by Gasteiger charge is 2.16. The molecule has 1 aliphatic heterocycles. The summed E-state index contributed by atoms with van der Waals surface area (Å²) in [7, 11) is 2.13. The van der Waals surface area contributed by atoms with Crippen LogP contribution in [0.3, 0.4) is 0 Å². The van der Waals surface area contributed by atoms with Gasteiger partial charge >= 0.3 is 0 Å². The number of hydrogen-bond acceptors (Lipinski definition) is 4. The second-order valence-electron chi connectivity index (χ2n) is 6.39. The average molecular weight is 324 g/mol. The number of nitrogens with zero attached hydrogens (tertiary/aromatic N) is 3. The highest BCUT2D eigenvalue weighted by atomic mass is 16.1. The van der Waals surface area contributed by atoms with Crippen LogP contribution in [0, 0.1) is 6.92 Å². The molecule has 0 saturated carbocycles. The SMILES string of the molecule is Cc1cccc(CNC(=O)c2cncc(N3CCN(C)CC3)c2)c1. The number of pyridine rings is 1.